The Bertz CT molecular complexity index is 525. The Balaban J connectivity index is 2.54. The van der Waals surface area contributed by atoms with Crippen LogP contribution in [0.25, 0.3) is 11.1 Å². The maximum Gasteiger partial charge on any atom is 0.165 e. The van der Waals surface area contributed by atoms with E-state index in [9.17, 15) is 4.39 Å². The summed E-state index contributed by atoms with van der Waals surface area (Å²) in [5, 5.41) is 0.620. The monoisotopic (exact) mass is 250 g/mol. The number of rotatable bonds is 3. The van der Waals surface area contributed by atoms with Gasteiger partial charge in [0.25, 0.3) is 0 Å². The van der Waals surface area contributed by atoms with E-state index in [1.807, 2.05) is 25.1 Å². The molecule has 0 saturated carbocycles. The van der Waals surface area contributed by atoms with E-state index in [1.165, 1.54) is 6.07 Å². The van der Waals surface area contributed by atoms with Gasteiger partial charge in [-0.1, -0.05) is 35.9 Å². The summed E-state index contributed by atoms with van der Waals surface area (Å²) >= 11 is 5.93. The van der Waals surface area contributed by atoms with Gasteiger partial charge in [-0.15, -0.1) is 0 Å². The zero-order valence-electron chi connectivity index (χ0n) is 9.41. The van der Waals surface area contributed by atoms with Gasteiger partial charge in [-0.25, -0.2) is 4.39 Å². The predicted molar refractivity (Wildman–Crippen MR) is 68.0 cm³/mol. The van der Waals surface area contributed by atoms with E-state index in [1.54, 1.807) is 18.2 Å². The van der Waals surface area contributed by atoms with Gasteiger partial charge in [0.15, 0.2) is 11.6 Å². The molecule has 0 N–H and O–H groups in total. The molecule has 17 heavy (non-hydrogen) atoms. The standard InChI is InChI=1S/C14H12ClFO/c1-2-17-14-12(7-4-8-13(14)16)10-5-3-6-11(15)9-10/h3-9H,2H2,1H3. The maximum absolute atomic E-state index is 13.7. The van der Waals surface area contributed by atoms with Crippen molar-refractivity contribution in [3.8, 4) is 16.9 Å². The van der Waals surface area contributed by atoms with Crippen LogP contribution in [0.4, 0.5) is 4.39 Å². The lowest BCUT2D eigenvalue weighted by Gasteiger charge is -2.11. The molecule has 0 saturated heterocycles. The van der Waals surface area contributed by atoms with Gasteiger partial charge in [0.2, 0.25) is 0 Å². The summed E-state index contributed by atoms with van der Waals surface area (Å²) in [6.45, 7) is 2.25. The first-order valence-electron chi connectivity index (χ1n) is 5.39. The van der Waals surface area contributed by atoms with Crippen molar-refractivity contribution in [2.24, 2.45) is 0 Å². The molecular weight excluding hydrogens is 239 g/mol. The second-order valence-corrected chi connectivity index (χ2v) is 4.00. The molecule has 3 heteroatoms. The van der Waals surface area contributed by atoms with E-state index < -0.39 is 0 Å². The summed E-state index contributed by atoms with van der Waals surface area (Å²) in [6, 6.07) is 12.2. The summed E-state index contributed by atoms with van der Waals surface area (Å²) in [4.78, 5) is 0. The summed E-state index contributed by atoms with van der Waals surface area (Å²) in [6.07, 6.45) is 0. The molecule has 0 aliphatic heterocycles. The van der Waals surface area contributed by atoms with E-state index in [0.717, 1.165) is 5.56 Å². The van der Waals surface area contributed by atoms with Gasteiger partial charge in [0.1, 0.15) is 0 Å². The van der Waals surface area contributed by atoms with Crippen molar-refractivity contribution < 1.29 is 9.13 Å². The van der Waals surface area contributed by atoms with Gasteiger partial charge in [-0.05, 0) is 30.7 Å². The first-order chi connectivity index (χ1) is 8.22. The van der Waals surface area contributed by atoms with Crippen molar-refractivity contribution in [3.05, 3.63) is 53.3 Å². The van der Waals surface area contributed by atoms with Crippen LogP contribution in [0.2, 0.25) is 5.02 Å². The molecule has 0 fully saturated rings. The first-order valence-corrected chi connectivity index (χ1v) is 5.77. The average Bonchev–Trinajstić information content (AvgIpc) is 2.32. The SMILES string of the molecule is CCOc1c(F)cccc1-c1cccc(Cl)c1. The largest absolute Gasteiger partial charge is 0.490 e. The minimum Gasteiger partial charge on any atom is -0.490 e. The van der Waals surface area contributed by atoms with Crippen molar-refractivity contribution in [2.45, 2.75) is 6.92 Å². The molecule has 0 amide bonds. The van der Waals surface area contributed by atoms with Crippen LogP contribution in [0.3, 0.4) is 0 Å². The van der Waals surface area contributed by atoms with Gasteiger partial charge in [0.05, 0.1) is 6.61 Å². The number of ether oxygens (including phenoxy) is 1. The fourth-order valence-electron chi connectivity index (χ4n) is 1.68. The molecule has 0 heterocycles. The zero-order chi connectivity index (χ0) is 12.3. The van der Waals surface area contributed by atoms with Crippen LogP contribution < -0.4 is 4.74 Å². The lowest BCUT2D eigenvalue weighted by Crippen LogP contribution is -1.97. The lowest BCUT2D eigenvalue weighted by atomic mass is 10.0. The second-order valence-electron chi connectivity index (χ2n) is 3.56. The maximum atomic E-state index is 13.7. The molecule has 0 radical (unpaired) electrons. The average molecular weight is 251 g/mol. The molecule has 0 aromatic heterocycles. The molecule has 88 valence electrons. The van der Waals surface area contributed by atoms with Crippen molar-refractivity contribution in [3.63, 3.8) is 0 Å². The normalized spacial score (nSPS) is 10.3. The molecule has 0 atom stereocenters. The molecule has 0 spiro atoms. The Morgan fingerprint density at radius 3 is 2.65 bits per heavy atom. The Morgan fingerprint density at radius 1 is 1.18 bits per heavy atom. The molecule has 1 nitrogen and oxygen atoms in total. The second kappa shape index (κ2) is 5.19. The highest BCUT2D eigenvalue weighted by atomic mass is 35.5. The fraction of sp³-hybridized carbons (Fsp3) is 0.143. The molecule has 0 aliphatic carbocycles. The minimum absolute atomic E-state index is 0.275. The van der Waals surface area contributed by atoms with E-state index in [2.05, 4.69) is 0 Å². The quantitative estimate of drug-likeness (QED) is 0.777. The fourth-order valence-corrected chi connectivity index (χ4v) is 1.87. The predicted octanol–water partition coefficient (Wildman–Crippen LogP) is 4.54. The number of hydrogen-bond donors (Lipinski definition) is 0. The Labute approximate surface area is 105 Å². The van der Waals surface area contributed by atoms with Crippen LogP contribution in [0.1, 0.15) is 6.92 Å². The highest BCUT2D eigenvalue weighted by Gasteiger charge is 2.11. The zero-order valence-corrected chi connectivity index (χ0v) is 10.2. The Kier molecular flexibility index (Phi) is 3.64. The van der Waals surface area contributed by atoms with E-state index in [0.29, 0.717) is 17.2 Å². The van der Waals surface area contributed by atoms with Gasteiger partial charge < -0.3 is 4.74 Å². The molecule has 0 bridgehead atoms. The molecule has 0 aliphatic rings. The summed E-state index contributed by atoms with van der Waals surface area (Å²) in [5.41, 5.74) is 1.56. The van der Waals surface area contributed by atoms with Gasteiger partial charge in [-0.2, -0.15) is 0 Å². The highest BCUT2D eigenvalue weighted by molar-refractivity contribution is 6.30. The summed E-state index contributed by atoms with van der Waals surface area (Å²) < 4.78 is 19.0. The summed E-state index contributed by atoms with van der Waals surface area (Å²) in [7, 11) is 0. The van der Waals surface area contributed by atoms with Crippen LogP contribution >= 0.6 is 11.6 Å². The number of para-hydroxylation sites is 1. The minimum atomic E-state index is -0.357. The van der Waals surface area contributed by atoms with Crippen molar-refractivity contribution >= 4 is 11.6 Å². The van der Waals surface area contributed by atoms with Crippen LogP contribution in [-0.2, 0) is 0 Å². The first kappa shape index (κ1) is 11.9. The van der Waals surface area contributed by atoms with Gasteiger partial charge in [0, 0.05) is 10.6 Å². The number of halogens is 2. The lowest BCUT2D eigenvalue weighted by molar-refractivity contribution is 0.323. The van der Waals surface area contributed by atoms with Crippen LogP contribution in [0.15, 0.2) is 42.5 Å². The molecule has 2 aromatic rings. The molecule has 2 rings (SSSR count). The smallest absolute Gasteiger partial charge is 0.165 e. The van der Waals surface area contributed by atoms with Crippen LogP contribution in [-0.4, -0.2) is 6.61 Å². The third-order valence-corrected chi connectivity index (χ3v) is 2.63. The molecule has 0 unspecified atom stereocenters. The van der Waals surface area contributed by atoms with Crippen LogP contribution in [0, 0.1) is 5.82 Å². The molecule has 2 aromatic carbocycles. The Morgan fingerprint density at radius 2 is 1.94 bits per heavy atom. The third kappa shape index (κ3) is 2.59. The van der Waals surface area contributed by atoms with E-state index >= 15 is 0 Å². The highest BCUT2D eigenvalue weighted by Crippen LogP contribution is 2.33. The molecular formula is C14H12ClFO. The van der Waals surface area contributed by atoms with Gasteiger partial charge >= 0.3 is 0 Å². The van der Waals surface area contributed by atoms with E-state index in [4.69, 9.17) is 16.3 Å². The van der Waals surface area contributed by atoms with Crippen molar-refractivity contribution in [2.75, 3.05) is 6.61 Å². The third-order valence-electron chi connectivity index (χ3n) is 2.39. The van der Waals surface area contributed by atoms with Crippen molar-refractivity contribution in [1.29, 1.82) is 0 Å². The topological polar surface area (TPSA) is 9.23 Å². The number of hydrogen-bond acceptors (Lipinski definition) is 1. The van der Waals surface area contributed by atoms with Crippen molar-refractivity contribution in [1.82, 2.24) is 0 Å². The number of benzene rings is 2. The summed E-state index contributed by atoms with van der Waals surface area (Å²) in [5.74, 6) is -0.0819. The van der Waals surface area contributed by atoms with E-state index in [-0.39, 0.29) is 11.6 Å². The van der Waals surface area contributed by atoms with Crippen LogP contribution in [0.5, 0.6) is 5.75 Å². The van der Waals surface area contributed by atoms with Gasteiger partial charge in [-0.3, -0.25) is 0 Å². The Hall–Kier alpha value is -1.54.